The van der Waals surface area contributed by atoms with E-state index < -0.39 is 0 Å². The lowest BCUT2D eigenvalue weighted by atomic mass is 9.89. The van der Waals surface area contributed by atoms with Gasteiger partial charge in [0.15, 0.2) is 0 Å². The van der Waals surface area contributed by atoms with Gasteiger partial charge in [-0.1, -0.05) is 25.5 Å². The number of likely N-dealkylation sites (tertiary alicyclic amines) is 1. The van der Waals surface area contributed by atoms with Gasteiger partial charge in [0, 0.05) is 25.2 Å². The summed E-state index contributed by atoms with van der Waals surface area (Å²) in [5, 5.41) is 0. The second-order valence-electron chi connectivity index (χ2n) is 5.35. The molecule has 1 aromatic rings. The third kappa shape index (κ3) is 2.90. The van der Waals surface area contributed by atoms with E-state index in [1.165, 1.54) is 6.07 Å². The molecule has 0 aromatic heterocycles. The van der Waals surface area contributed by atoms with Gasteiger partial charge in [0.2, 0.25) is 0 Å². The van der Waals surface area contributed by atoms with Gasteiger partial charge in [-0.05, 0) is 37.0 Å². The van der Waals surface area contributed by atoms with Crippen LogP contribution in [0.3, 0.4) is 0 Å². The second kappa shape index (κ2) is 5.81. The summed E-state index contributed by atoms with van der Waals surface area (Å²) in [5.41, 5.74) is 7.18. The van der Waals surface area contributed by atoms with Crippen molar-refractivity contribution < 1.29 is 4.39 Å². The molecule has 0 amide bonds. The van der Waals surface area contributed by atoms with Gasteiger partial charge in [-0.15, -0.1) is 0 Å². The van der Waals surface area contributed by atoms with Crippen molar-refractivity contribution in [3.63, 3.8) is 0 Å². The lowest BCUT2D eigenvalue weighted by Gasteiger charge is -2.40. The van der Waals surface area contributed by atoms with Gasteiger partial charge >= 0.3 is 0 Å². The molecule has 1 aromatic carbocycles. The third-order valence-electron chi connectivity index (χ3n) is 4.23. The van der Waals surface area contributed by atoms with Gasteiger partial charge in [0.25, 0.3) is 0 Å². The van der Waals surface area contributed by atoms with Crippen LogP contribution in [0.5, 0.6) is 0 Å². The van der Waals surface area contributed by atoms with E-state index in [9.17, 15) is 4.39 Å². The van der Waals surface area contributed by atoms with Crippen molar-refractivity contribution in [1.29, 1.82) is 0 Å². The fourth-order valence-corrected chi connectivity index (χ4v) is 2.84. The zero-order valence-corrected chi connectivity index (χ0v) is 11.3. The van der Waals surface area contributed by atoms with Crippen molar-refractivity contribution >= 4 is 0 Å². The predicted molar refractivity (Wildman–Crippen MR) is 72.8 cm³/mol. The van der Waals surface area contributed by atoms with Crippen LogP contribution in [0.2, 0.25) is 0 Å². The molecule has 3 atom stereocenters. The minimum atomic E-state index is -0.153. The summed E-state index contributed by atoms with van der Waals surface area (Å²) >= 11 is 0. The van der Waals surface area contributed by atoms with Gasteiger partial charge in [0.1, 0.15) is 5.82 Å². The van der Waals surface area contributed by atoms with Crippen LogP contribution in [0.1, 0.15) is 38.3 Å². The molecule has 1 fully saturated rings. The molecule has 3 unspecified atom stereocenters. The molecule has 1 aliphatic rings. The molecular weight excluding hydrogens is 227 g/mol. The van der Waals surface area contributed by atoms with Crippen LogP contribution in [0, 0.1) is 11.7 Å². The number of hydrogen-bond acceptors (Lipinski definition) is 2. The summed E-state index contributed by atoms with van der Waals surface area (Å²) in [5.74, 6) is 0.412. The Bertz CT molecular complexity index is 394. The van der Waals surface area contributed by atoms with Crippen molar-refractivity contribution in [2.45, 2.75) is 38.8 Å². The van der Waals surface area contributed by atoms with E-state index in [0.29, 0.717) is 12.0 Å². The SMILES string of the molecule is CCC1CN(C(C)c2cccc(F)c2)CCC1N. The Morgan fingerprint density at radius 1 is 1.50 bits per heavy atom. The Hall–Kier alpha value is -0.930. The molecule has 2 N–H and O–H groups in total. The molecule has 2 rings (SSSR count). The summed E-state index contributed by atoms with van der Waals surface area (Å²) in [6.45, 7) is 6.38. The summed E-state index contributed by atoms with van der Waals surface area (Å²) in [7, 11) is 0. The Morgan fingerprint density at radius 3 is 2.94 bits per heavy atom. The fraction of sp³-hybridized carbons (Fsp3) is 0.600. The average Bonchev–Trinajstić information content (AvgIpc) is 2.38. The van der Waals surface area contributed by atoms with Gasteiger partial charge in [-0.25, -0.2) is 4.39 Å². The summed E-state index contributed by atoms with van der Waals surface area (Å²) < 4.78 is 13.3. The van der Waals surface area contributed by atoms with Crippen LogP contribution in [0.4, 0.5) is 4.39 Å². The van der Waals surface area contributed by atoms with Crippen LogP contribution in [0.25, 0.3) is 0 Å². The van der Waals surface area contributed by atoms with Gasteiger partial charge < -0.3 is 5.73 Å². The lowest BCUT2D eigenvalue weighted by Crippen LogP contribution is -2.47. The van der Waals surface area contributed by atoms with E-state index in [4.69, 9.17) is 5.73 Å². The fourth-order valence-electron chi connectivity index (χ4n) is 2.84. The standard InChI is InChI=1S/C15H23FN2/c1-3-12-10-18(8-7-15(12)17)11(2)13-5-4-6-14(16)9-13/h4-6,9,11-12,15H,3,7-8,10,17H2,1-2H3. The first-order chi connectivity index (χ1) is 8.61. The van der Waals surface area contributed by atoms with E-state index in [1.807, 2.05) is 6.07 Å². The Morgan fingerprint density at radius 2 is 2.28 bits per heavy atom. The topological polar surface area (TPSA) is 29.3 Å². The average molecular weight is 250 g/mol. The molecule has 1 saturated heterocycles. The van der Waals surface area contributed by atoms with Crippen molar-refractivity contribution in [2.75, 3.05) is 13.1 Å². The highest BCUT2D eigenvalue weighted by atomic mass is 19.1. The predicted octanol–water partition coefficient (Wildman–Crippen LogP) is 2.95. The third-order valence-corrected chi connectivity index (χ3v) is 4.23. The number of rotatable bonds is 3. The number of piperidine rings is 1. The van der Waals surface area contributed by atoms with E-state index in [2.05, 4.69) is 18.7 Å². The molecule has 0 aliphatic carbocycles. The molecule has 0 spiro atoms. The number of nitrogens with two attached hydrogens (primary N) is 1. The van der Waals surface area contributed by atoms with Gasteiger partial charge in [-0.3, -0.25) is 4.90 Å². The van der Waals surface area contributed by atoms with E-state index in [-0.39, 0.29) is 11.9 Å². The Kier molecular flexibility index (Phi) is 4.36. The number of benzene rings is 1. The minimum absolute atomic E-state index is 0.153. The smallest absolute Gasteiger partial charge is 0.123 e. The van der Waals surface area contributed by atoms with Crippen LogP contribution >= 0.6 is 0 Å². The van der Waals surface area contributed by atoms with Crippen molar-refractivity contribution in [3.8, 4) is 0 Å². The van der Waals surface area contributed by atoms with E-state index in [0.717, 1.165) is 31.5 Å². The maximum atomic E-state index is 13.3. The molecule has 3 heteroatoms. The molecule has 100 valence electrons. The van der Waals surface area contributed by atoms with Gasteiger partial charge in [0.05, 0.1) is 0 Å². The van der Waals surface area contributed by atoms with Crippen molar-refractivity contribution in [1.82, 2.24) is 4.90 Å². The van der Waals surface area contributed by atoms with E-state index in [1.54, 1.807) is 12.1 Å². The van der Waals surface area contributed by atoms with Crippen LogP contribution in [-0.2, 0) is 0 Å². The van der Waals surface area contributed by atoms with E-state index >= 15 is 0 Å². The first-order valence-electron chi connectivity index (χ1n) is 6.87. The largest absolute Gasteiger partial charge is 0.327 e. The molecule has 0 radical (unpaired) electrons. The van der Waals surface area contributed by atoms with Crippen LogP contribution in [0.15, 0.2) is 24.3 Å². The molecule has 0 saturated carbocycles. The summed E-state index contributed by atoms with van der Waals surface area (Å²) in [6, 6.07) is 7.52. The number of halogens is 1. The second-order valence-corrected chi connectivity index (χ2v) is 5.35. The first-order valence-corrected chi connectivity index (χ1v) is 6.87. The highest BCUT2D eigenvalue weighted by Crippen LogP contribution is 2.27. The first kappa shape index (κ1) is 13.5. The van der Waals surface area contributed by atoms with Crippen molar-refractivity contribution in [3.05, 3.63) is 35.6 Å². The number of nitrogens with zero attached hydrogens (tertiary/aromatic N) is 1. The lowest BCUT2D eigenvalue weighted by molar-refractivity contribution is 0.114. The molecule has 0 bridgehead atoms. The molecule has 18 heavy (non-hydrogen) atoms. The highest BCUT2D eigenvalue weighted by Gasteiger charge is 2.28. The Labute approximate surface area is 109 Å². The Balaban J connectivity index is 2.07. The maximum absolute atomic E-state index is 13.3. The summed E-state index contributed by atoms with van der Waals surface area (Å²) in [4.78, 5) is 2.42. The highest BCUT2D eigenvalue weighted by molar-refractivity contribution is 5.19. The molecular formula is C15H23FN2. The number of hydrogen-bond donors (Lipinski definition) is 1. The summed E-state index contributed by atoms with van der Waals surface area (Å²) in [6.07, 6.45) is 2.16. The van der Waals surface area contributed by atoms with Crippen molar-refractivity contribution in [2.24, 2.45) is 11.7 Å². The quantitative estimate of drug-likeness (QED) is 0.893. The molecule has 1 heterocycles. The maximum Gasteiger partial charge on any atom is 0.123 e. The zero-order valence-electron chi connectivity index (χ0n) is 11.3. The molecule has 1 aliphatic heterocycles. The zero-order chi connectivity index (χ0) is 13.1. The molecule has 2 nitrogen and oxygen atoms in total. The normalized spacial score (nSPS) is 27.1. The minimum Gasteiger partial charge on any atom is -0.327 e. The monoisotopic (exact) mass is 250 g/mol. The van der Waals surface area contributed by atoms with Crippen LogP contribution < -0.4 is 5.73 Å². The van der Waals surface area contributed by atoms with Crippen LogP contribution in [-0.4, -0.2) is 24.0 Å². The van der Waals surface area contributed by atoms with Gasteiger partial charge in [-0.2, -0.15) is 0 Å².